The van der Waals surface area contributed by atoms with E-state index in [0.29, 0.717) is 58.6 Å². The van der Waals surface area contributed by atoms with Crippen molar-refractivity contribution in [1.29, 1.82) is 0 Å². The van der Waals surface area contributed by atoms with Crippen LogP contribution in [0, 0.1) is 15.0 Å². The average molecular weight is 371 g/mol. The first-order valence-corrected chi connectivity index (χ1v) is 8.66. The van der Waals surface area contributed by atoms with Crippen LogP contribution in [-0.2, 0) is 18.9 Å². The van der Waals surface area contributed by atoms with E-state index in [1.807, 2.05) is 0 Å². The van der Waals surface area contributed by atoms with Gasteiger partial charge in [-0.05, 0) is 6.08 Å². The minimum Gasteiger partial charge on any atom is -0.496 e. The number of nitroso groups, excluding NO2 is 1. The third-order valence-electron chi connectivity index (χ3n) is 4.06. The fourth-order valence-corrected chi connectivity index (χ4v) is 2.60. The van der Waals surface area contributed by atoms with Gasteiger partial charge in [0.1, 0.15) is 6.61 Å². The van der Waals surface area contributed by atoms with Crippen LogP contribution in [0.2, 0.25) is 0 Å². The number of hydrogen-bond acceptors (Lipinski definition) is 9. The number of ether oxygens (including phenoxy) is 4. The molecule has 1 saturated heterocycles. The van der Waals surface area contributed by atoms with Crippen LogP contribution in [0.3, 0.4) is 0 Å². The molecule has 0 aromatic heterocycles. The molecule has 1 aliphatic carbocycles. The van der Waals surface area contributed by atoms with Gasteiger partial charge in [0, 0.05) is 32.1 Å². The summed E-state index contributed by atoms with van der Waals surface area (Å²) in [6.45, 7) is 5.98. The summed E-state index contributed by atoms with van der Waals surface area (Å²) in [7, 11) is 0. The van der Waals surface area contributed by atoms with Crippen LogP contribution in [0.25, 0.3) is 0 Å². The third-order valence-corrected chi connectivity index (χ3v) is 4.06. The lowest BCUT2D eigenvalue weighted by Gasteiger charge is -2.24. The smallest absolute Gasteiger partial charge is 0.274 e. The van der Waals surface area contributed by atoms with Gasteiger partial charge in [0.2, 0.25) is 0 Å². The van der Waals surface area contributed by atoms with Gasteiger partial charge >= 0.3 is 0 Å². The minimum atomic E-state index is -1.00. The lowest BCUT2D eigenvalue weighted by molar-refractivity contribution is -0.429. The molecule has 0 spiro atoms. The summed E-state index contributed by atoms with van der Waals surface area (Å²) in [6.07, 6.45) is 2.93. The first kappa shape index (κ1) is 20.4. The summed E-state index contributed by atoms with van der Waals surface area (Å²) in [5.74, 6) is 0.527. The average Bonchev–Trinajstić information content (AvgIpc) is 2.63. The Balaban J connectivity index is 1.77. The van der Waals surface area contributed by atoms with Crippen molar-refractivity contribution in [3.8, 4) is 0 Å². The highest BCUT2D eigenvalue weighted by atomic mass is 16.6. The zero-order valence-electron chi connectivity index (χ0n) is 14.7. The number of nitro groups is 1. The summed E-state index contributed by atoms with van der Waals surface area (Å²) in [5.41, 5.74) is -0.200. The van der Waals surface area contributed by atoms with E-state index < -0.39 is 11.0 Å². The van der Waals surface area contributed by atoms with Crippen molar-refractivity contribution in [2.45, 2.75) is 12.5 Å². The van der Waals surface area contributed by atoms with Crippen LogP contribution in [0.5, 0.6) is 0 Å². The maximum absolute atomic E-state index is 10.8. The summed E-state index contributed by atoms with van der Waals surface area (Å²) in [4.78, 5) is 23.2. The van der Waals surface area contributed by atoms with Crippen LogP contribution < -0.4 is 0 Å². The Kier molecular flexibility index (Phi) is 9.18. The highest BCUT2D eigenvalue weighted by Gasteiger charge is 2.30. The van der Waals surface area contributed by atoms with Gasteiger partial charge in [-0.3, -0.25) is 15.0 Å². The number of allylic oxidation sites excluding steroid dienone is 2. The van der Waals surface area contributed by atoms with Crippen molar-refractivity contribution < 1.29 is 23.9 Å². The van der Waals surface area contributed by atoms with Gasteiger partial charge in [0.05, 0.1) is 50.3 Å². The molecule has 1 atom stereocenters. The van der Waals surface area contributed by atoms with Crippen LogP contribution in [0.15, 0.2) is 28.8 Å². The van der Waals surface area contributed by atoms with Crippen LogP contribution in [0.1, 0.15) is 6.42 Å². The summed E-state index contributed by atoms with van der Waals surface area (Å²) < 4.78 is 22.0. The second-order valence-corrected chi connectivity index (χ2v) is 5.83. The molecule has 0 bridgehead atoms. The van der Waals surface area contributed by atoms with E-state index in [9.17, 15) is 15.0 Å². The van der Waals surface area contributed by atoms with Crippen molar-refractivity contribution in [2.75, 3.05) is 65.9 Å². The van der Waals surface area contributed by atoms with E-state index in [4.69, 9.17) is 18.9 Å². The largest absolute Gasteiger partial charge is 0.496 e. The molecular weight excluding hydrogens is 346 g/mol. The second kappa shape index (κ2) is 11.7. The Hall–Kier alpha value is -1.88. The molecule has 1 aliphatic heterocycles. The summed E-state index contributed by atoms with van der Waals surface area (Å²) >= 11 is 0. The molecule has 0 unspecified atom stereocenters. The Labute approximate surface area is 151 Å². The topological polar surface area (TPSA) is 113 Å². The number of hydrogen-bond donors (Lipinski definition) is 0. The Morgan fingerprint density at radius 1 is 1.12 bits per heavy atom. The van der Waals surface area contributed by atoms with Crippen molar-refractivity contribution >= 4 is 0 Å². The first-order valence-electron chi connectivity index (χ1n) is 8.66. The molecule has 0 saturated carbocycles. The molecule has 1 fully saturated rings. The molecule has 0 N–H and O–H groups in total. The van der Waals surface area contributed by atoms with Crippen LogP contribution >= 0.6 is 0 Å². The van der Waals surface area contributed by atoms with Gasteiger partial charge in [-0.2, -0.15) is 0 Å². The van der Waals surface area contributed by atoms with Gasteiger partial charge in [0.25, 0.3) is 5.70 Å². The molecule has 10 nitrogen and oxygen atoms in total. The second-order valence-electron chi connectivity index (χ2n) is 5.83. The van der Waals surface area contributed by atoms with E-state index >= 15 is 0 Å². The molecule has 1 heterocycles. The number of rotatable bonds is 6. The predicted molar refractivity (Wildman–Crippen MR) is 92.2 cm³/mol. The highest BCUT2D eigenvalue weighted by Crippen LogP contribution is 2.23. The molecule has 0 amide bonds. The van der Waals surface area contributed by atoms with E-state index in [1.165, 1.54) is 12.2 Å². The quantitative estimate of drug-likeness (QED) is 0.385. The van der Waals surface area contributed by atoms with E-state index in [0.717, 1.165) is 13.1 Å². The van der Waals surface area contributed by atoms with Crippen LogP contribution in [0.4, 0.5) is 0 Å². The van der Waals surface area contributed by atoms with E-state index in [2.05, 4.69) is 10.1 Å². The summed E-state index contributed by atoms with van der Waals surface area (Å²) in [6, 6.07) is -1.00. The molecule has 2 rings (SSSR count). The standard InChI is InChI=1S/C16H25N3O7/c20-17-15-13-14(1-2-16(15)19(21)22)26-8-5-18-3-6-23-9-11-25-12-10-24-7-4-18/h1-2,15H,3-13H2/t15-/m1/s1. The predicted octanol–water partition coefficient (Wildman–Crippen LogP) is 0.952. The fourth-order valence-electron chi connectivity index (χ4n) is 2.60. The minimum absolute atomic E-state index is 0.114. The molecule has 10 heteroatoms. The maximum atomic E-state index is 10.8. The molecule has 2 aliphatic rings. The fraction of sp³-hybridized carbons (Fsp3) is 0.750. The van der Waals surface area contributed by atoms with Crippen LogP contribution in [-0.4, -0.2) is 81.7 Å². The van der Waals surface area contributed by atoms with Crippen molar-refractivity contribution in [3.63, 3.8) is 0 Å². The van der Waals surface area contributed by atoms with Gasteiger partial charge in [0.15, 0.2) is 6.04 Å². The van der Waals surface area contributed by atoms with Crippen molar-refractivity contribution in [3.05, 3.63) is 38.6 Å². The Morgan fingerprint density at radius 2 is 1.73 bits per heavy atom. The Morgan fingerprint density at radius 3 is 2.31 bits per heavy atom. The molecule has 0 aromatic carbocycles. The SMILES string of the molecule is O=N[C@@H]1CC(OCCN2CCOCCOCCOCC2)=CC=C1[N+](=O)[O-]. The lowest BCUT2D eigenvalue weighted by atomic mass is 10.0. The van der Waals surface area contributed by atoms with E-state index in [-0.39, 0.29) is 12.1 Å². The molecule has 0 radical (unpaired) electrons. The van der Waals surface area contributed by atoms with E-state index in [1.54, 1.807) is 0 Å². The van der Waals surface area contributed by atoms with Gasteiger partial charge in [-0.15, -0.1) is 4.91 Å². The third kappa shape index (κ3) is 7.16. The van der Waals surface area contributed by atoms with Gasteiger partial charge in [-0.25, -0.2) is 0 Å². The van der Waals surface area contributed by atoms with Crippen molar-refractivity contribution in [1.82, 2.24) is 4.90 Å². The zero-order valence-corrected chi connectivity index (χ0v) is 14.7. The zero-order chi connectivity index (χ0) is 18.6. The van der Waals surface area contributed by atoms with Gasteiger partial charge in [-0.1, -0.05) is 5.18 Å². The van der Waals surface area contributed by atoms with Gasteiger partial charge < -0.3 is 18.9 Å². The molecule has 146 valence electrons. The lowest BCUT2D eigenvalue weighted by Crippen LogP contribution is -2.35. The molecule has 0 aromatic rings. The highest BCUT2D eigenvalue weighted by molar-refractivity contribution is 5.22. The Bertz CT molecular complexity index is 512. The number of nitrogens with zero attached hydrogens (tertiary/aromatic N) is 3. The monoisotopic (exact) mass is 371 g/mol. The summed E-state index contributed by atoms with van der Waals surface area (Å²) in [5, 5.41) is 13.7. The normalized spacial score (nSPS) is 23.8. The first-order chi connectivity index (χ1) is 12.7. The van der Waals surface area contributed by atoms with Crippen molar-refractivity contribution in [2.24, 2.45) is 5.18 Å². The molecule has 26 heavy (non-hydrogen) atoms. The molecular formula is C16H25N3O7. The maximum Gasteiger partial charge on any atom is 0.274 e.